The number of rotatable bonds is 5. The quantitative estimate of drug-likeness (QED) is 0.639. The van der Waals surface area contributed by atoms with Crippen molar-refractivity contribution < 1.29 is 13.3 Å². The highest BCUT2D eigenvalue weighted by atomic mass is 35.5. The van der Waals surface area contributed by atoms with E-state index in [1.54, 1.807) is 13.8 Å². The van der Waals surface area contributed by atoms with Gasteiger partial charge in [-0.3, -0.25) is 10.1 Å². The third-order valence-corrected chi connectivity index (χ3v) is 5.49. The van der Waals surface area contributed by atoms with Crippen LogP contribution in [0.15, 0.2) is 17.0 Å². The third-order valence-electron chi connectivity index (χ3n) is 2.98. The van der Waals surface area contributed by atoms with E-state index in [4.69, 9.17) is 17.3 Å². The summed E-state index contributed by atoms with van der Waals surface area (Å²) >= 11 is 5.87. The number of halogens is 2. The van der Waals surface area contributed by atoms with Crippen LogP contribution in [0.2, 0.25) is 5.02 Å². The van der Waals surface area contributed by atoms with E-state index in [1.165, 1.54) is 19.2 Å². The van der Waals surface area contributed by atoms with Gasteiger partial charge >= 0.3 is 0 Å². The number of nitro groups is 1. The first kappa shape index (κ1) is 20.1. The number of hydrogen-bond donors (Lipinski definition) is 1. The number of nitrogens with zero attached hydrogens (tertiary/aromatic N) is 2. The van der Waals surface area contributed by atoms with Gasteiger partial charge in [0.05, 0.1) is 4.92 Å². The summed E-state index contributed by atoms with van der Waals surface area (Å²) in [6, 6.07) is 2.09. The van der Waals surface area contributed by atoms with Gasteiger partial charge < -0.3 is 5.73 Å². The number of hydrogen-bond acceptors (Lipinski definition) is 5. The maximum absolute atomic E-state index is 12.4. The minimum absolute atomic E-state index is 0. The fraction of sp³-hybridized carbons (Fsp3) is 0.455. The van der Waals surface area contributed by atoms with Crippen molar-refractivity contribution in [2.45, 2.75) is 24.8 Å². The standard InChI is InChI=1S/C11H16ClN3O4S.ClH/c1-7-4-9(15(16)17)11(12)10(5-7)20(18,19)14(3)8(2)6-13;/h4-5,8H,6,13H2,1-3H3;1H. The molecular weight excluding hydrogens is 341 g/mol. The van der Waals surface area contributed by atoms with E-state index >= 15 is 0 Å². The molecule has 0 aromatic heterocycles. The minimum Gasteiger partial charge on any atom is -0.329 e. The lowest BCUT2D eigenvalue weighted by Crippen LogP contribution is -2.39. The van der Waals surface area contributed by atoms with Crippen LogP contribution in [0, 0.1) is 17.0 Å². The zero-order chi connectivity index (χ0) is 15.7. The summed E-state index contributed by atoms with van der Waals surface area (Å²) in [5, 5.41) is 10.5. The van der Waals surface area contributed by atoms with Crippen molar-refractivity contribution >= 4 is 39.7 Å². The van der Waals surface area contributed by atoms with Crippen molar-refractivity contribution in [1.29, 1.82) is 0 Å². The maximum Gasteiger partial charge on any atom is 0.289 e. The molecule has 0 spiro atoms. The van der Waals surface area contributed by atoms with Crippen LogP contribution in [0.3, 0.4) is 0 Å². The zero-order valence-electron chi connectivity index (χ0n) is 11.7. The molecule has 0 bridgehead atoms. The molecule has 21 heavy (non-hydrogen) atoms. The molecular formula is C11H17Cl2N3O4S. The molecule has 1 rings (SSSR count). The predicted molar refractivity (Wildman–Crippen MR) is 83.6 cm³/mol. The van der Waals surface area contributed by atoms with Crippen LogP contribution in [-0.2, 0) is 10.0 Å². The first-order valence-electron chi connectivity index (χ1n) is 5.75. The van der Waals surface area contributed by atoms with E-state index in [0.29, 0.717) is 5.56 Å². The third kappa shape index (κ3) is 4.04. The topological polar surface area (TPSA) is 107 Å². The molecule has 1 unspecified atom stereocenters. The van der Waals surface area contributed by atoms with Crippen molar-refractivity contribution in [2.24, 2.45) is 5.73 Å². The van der Waals surface area contributed by atoms with Crippen molar-refractivity contribution in [3.63, 3.8) is 0 Å². The van der Waals surface area contributed by atoms with E-state index < -0.39 is 31.7 Å². The molecule has 0 saturated carbocycles. The smallest absolute Gasteiger partial charge is 0.289 e. The zero-order valence-corrected chi connectivity index (χ0v) is 14.1. The van der Waals surface area contributed by atoms with Gasteiger partial charge in [-0.15, -0.1) is 12.4 Å². The number of nitro benzene ring substituents is 1. The number of nitrogens with two attached hydrogens (primary N) is 1. The Morgan fingerprint density at radius 2 is 2.00 bits per heavy atom. The van der Waals surface area contributed by atoms with Gasteiger partial charge in [0.2, 0.25) is 10.0 Å². The molecule has 1 atom stereocenters. The molecule has 0 fully saturated rings. The van der Waals surface area contributed by atoms with Crippen LogP contribution in [0.5, 0.6) is 0 Å². The Kier molecular flexibility index (Phi) is 7.04. The summed E-state index contributed by atoms with van der Waals surface area (Å²) in [7, 11) is -2.58. The Hall–Kier alpha value is -0.930. The summed E-state index contributed by atoms with van der Waals surface area (Å²) in [5.41, 5.74) is 5.45. The second-order valence-corrected chi connectivity index (χ2v) is 6.80. The molecule has 120 valence electrons. The van der Waals surface area contributed by atoms with Gasteiger partial charge in [0, 0.05) is 25.7 Å². The maximum atomic E-state index is 12.4. The van der Waals surface area contributed by atoms with E-state index in [1.807, 2.05) is 0 Å². The molecule has 0 aliphatic heterocycles. The first-order chi connectivity index (χ1) is 9.12. The Bertz CT molecular complexity index is 637. The normalized spacial score (nSPS) is 12.9. The fourth-order valence-corrected chi connectivity index (χ4v) is 3.58. The Morgan fingerprint density at radius 1 is 1.48 bits per heavy atom. The summed E-state index contributed by atoms with van der Waals surface area (Å²) in [4.78, 5) is 9.91. The second-order valence-electron chi connectivity index (χ2n) is 4.46. The van der Waals surface area contributed by atoms with Crippen LogP contribution in [0.25, 0.3) is 0 Å². The Morgan fingerprint density at radius 3 is 2.43 bits per heavy atom. The van der Waals surface area contributed by atoms with E-state index in [-0.39, 0.29) is 23.8 Å². The van der Waals surface area contributed by atoms with Gasteiger partial charge in [-0.2, -0.15) is 4.31 Å². The highest BCUT2D eigenvalue weighted by Crippen LogP contribution is 2.34. The van der Waals surface area contributed by atoms with Gasteiger partial charge in [-0.1, -0.05) is 11.6 Å². The largest absolute Gasteiger partial charge is 0.329 e. The van der Waals surface area contributed by atoms with Crippen LogP contribution in [0.4, 0.5) is 5.69 Å². The van der Waals surface area contributed by atoms with Crippen molar-refractivity contribution in [3.8, 4) is 0 Å². The van der Waals surface area contributed by atoms with Crippen LogP contribution in [-0.4, -0.2) is 37.3 Å². The molecule has 10 heteroatoms. The number of benzene rings is 1. The van der Waals surface area contributed by atoms with E-state index in [2.05, 4.69) is 0 Å². The van der Waals surface area contributed by atoms with Gasteiger partial charge in [-0.25, -0.2) is 8.42 Å². The monoisotopic (exact) mass is 357 g/mol. The SMILES string of the molecule is Cc1cc([N+](=O)[O-])c(Cl)c(S(=O)(=O)N(C)C(C)CN)c1.Cl. The lowest BCUT2D eigenvalue weighted by Gasteiger charge is -2.23. The van der Waals surface area contributed by atoms with Gasteiger partial charge in [0.15, 0.2) is 0 Å². The minimum atomic E-state index is -3.94. The molecule has 7 nitrogen and oxygen atoms in total. The summed E-state index contributed by atoms with van der Waals surface area (Å²) in [5.74, 6) is 0. The Labute approximate surface area is 134 Å². The van der Waals surface area contributed by atoms with Crippen LogP contribution >= 0.6 is 24.0 Å². The highest BCUT2D eigenvalue weighted by molar-refractivity contribution is 7.89. The van der Waals surface area contributed by atoms with Crippen molar-refractivity contribution in [3.05, 3.63) is 32.8 Å². The van der Waals surface area contributed by atoms with Crippen LogP contribution < -0.4 is 5.73 Å². The van der Waals surface area contributed by atoms with Gasteiger partial charge in [-0.05, 0) is 25.5 Å². The fourth-order valence-electron chi connectivity index (χ4n) is 1.58. The van der Waals surface area contributed by atoms with E-state index in [9.17, 15) is 18.5 Å². The molecule has 0 aliphatic rings. The van der Waals surface area contributed by atoms with E-state index in [0.717, 1.165) is 4.31 Å². The molecule has 0 amide bonds. The van der Waals surface area contributed by atoms with Gasteiger partial charge in [0.1, 0.15) is 9.92 Å². The van der Waals surface area contributed by atoms with Crippen LogP contribution in [0.1, 0.15) is 12.5 Å². The number of aryl methyl sites for hydroxylation is 1. The van der Waals surface area contributed by atoms with Crippen molar-refractivity contribution in [2.75, 3.05) is 13.6 Å². The highest BCUT2D eigenvalue weighted by Gasteiger charge is 2.30. The molecule has 1 aromatic carbocycles. The molecule has 0 saturated heterocycles. The average molecular weight is 358 g/mol. The van der Waals surface area contributed by atoms with Gasteiger partial charge in [0.25, 0.3) is 5.69 Å². The lowest BCUT2D eigenvalue weighted by atomic mass is 10.2. The summed E-state index contributed by atoms with van der Waals surface area (Å²) in [6.07, 6.45) is 0. The lowest BCUT2D eigenvalue weighted by molar-refractivity contribution is -0.385. The molecule has 2 N–H and O–H groups in total. The summed E-state index contributed by atoms with van der Waals surface area (Å²) in [6.45, 7) is 3.33. The first-order valence-corrected chi connectivity index (χ1v) is 7.57. The average Bonchev–Trinajstić information content (AvgIpc) is 2.38. The Balaban J connectivity index is 0.00000400. The number of sulfonamides is 1. The van der Waals surface area contributed by atoms with Crippen molar-refractivity contribution in [1.82, 2.24) is 4.31 Å². The predicted octanol–water partition coefficient (Wildman–Crippen LogP) is 1.95. The molecule has 1 aromatic rings. The molecule has 0 radical (unpaired) electrons. The molecule has 0 aliphatic carbocycles. The second kappa shape index (κ2) is 7.37. The summed E-state index contributed by atoms with van der Waals surface area (Å²) < 4.78 is 25.9. The number of likely N-dealkylation sites (N-methyl/N-ethyl adjacent to an activating group) is 1. The molecule has 0 heterocycles.